The molecule has 0 spiro atoms. The third kappa shape index (κ3) is 2.79. The Hall–Kier alpha value is -2.97. The fourth-order valence-corrected chi connectivity index (χ4v) is 3.59. The fourth-order valence-electron chi connectivity index (χ4n) is 3.59. The summed E-state index contributed by atoms with van der Waals surface area (Å²) in [4.78, 5) is 41.7. The van der Waals surface area contributed by atoms with Crippen LogP contribution in [0.4, 0.5) is 0 Å². The van der Waals surface area contributed by atoms with Gasteiger partial charge in [-0.1, -0.05) is 17.3 Å². The van der Waals surface area contributed by atoms with Gasteiger partial charge in [-0.25, -0.2) is 4.68 Å². The van der Waals surface area contributed by atoms with Crippen LogP contribution >= 0.6 is 0 Å². The summed E-state index contributed by atoms with van der Waals surface area (Å²) in [7, 11) is 1.62. The van der Waals surface area contributed by atoms with Crippen LogP contribution in [0.25, 0.3) is 11.0 Å². The second-order valence-corrected chi connectivity index (χ2v) is 6.69. The van der Waals surface area contributed by atoms with E-state index in [2.05, 4.69) is 10.3 Å². The van der Waals surface area contributed by atoms with E-state index >= 15 is 0 Å². The highest BCUT2D eigenvalue weighted by molar-refractivity contribution is 5.95. The van der Waals surface area contributed by atoms with Crippen molar-refractivity contribution in [3.05, 3.63) is 24.3 Å². The van der Waals surface area contributed by atoms with Crippen LogP contribution in [-0.2, 0) is 20.9 Å². The van der Waals surface area contributed by atoms with Gasteiger partial charge in [-0.2, -0.15) is 0 Å². The molecule has 2 aliphatic rings. The Morgan fingerprint density at radius 3 is 2.88 bits per heavy atom. The van der Waals surface area contributed by atoms with E-state index in [4.69, 9.17) is 0 Å². The summed E-state index contributed by atoms with van der Waals surface area (Å²) in [5.74, 6) is -0.208. The molecule has 0 N–H and O–H groups in total. The maximum absolute atomic E-state index is 12.6. The van der Waals surface area contributed by atoms with Crippen LogP contribution in [0.5, 0.6) is 0 Å². The minimum Gasteiger partial charge on any atom is -0.338 e. The first-order valence-corrected chi connectivity index (χ1v) is 8.65. The molecular weight excluding hydrogens is 336 g/mol. The van der Waals surface area contributed by atoms with Crippen LogP contribution in [0, 0.1) is 0 Å². The Bertz CT molecular complexity index is 878. The van der Waals surface area contributed by atoms with E-state index in [1.807, 2.05) is 24.3 Å². The number of para-hydroxylation sites is 1. The van der Waals surface area contributed by atoms with Gasteiger partial charge in [-0.15, -0.1) is 5.10 Å². The smallest absolute Gasteiger partial charge is 0.247 e. The Kier molecular flexibility index (Phi) is 4.06. The highest BCUT2D eigenvalue weighted by Crippen LogP contribution is 2.18. The summed E-state index contributed by atoms with van der Waals surface area (Å²) in [6.45, 7) is 1.66. The van der Waals surface area contributed by atoms with Crippen molar-refractivity contribution < 1.29 is 14.4 Å². The zero-order valence-corrected chi connectivity index (χ0v) is 14.5. The first-order valence-electron chi connectivity index (χ1n) is 8.65. The number of aryl methyl sites for hydroxylation is 1. The quantitative estimate of drug-likeness (QED) is 0.728. The van der Waals surface area contributed by atoms with E-state index in [9.17, 15) is 14.4 Å². The molecule has 2 aromatic rings. The third-order valence-electron chi connectivity index (χ3n) is 5.04. The number of benzene rings is 1. The maximum Gasteiger partial charge on any atom is 0.247 e. The summed E-state index contributed by atoms with van der Waals surface area (Å²) in [5, 5.41) is 8.18. The van der Waals surface area contributed by atoms with Crippen molar-refractivity contribution in [3.8, 4) is 0 Å². The lowest BCUT2D eigenvalue weighted by atomic mass is 10.1. The summed E-state index contributed by atoms with van der Waals surface area (Å²) >= 11 is 0. The minimum absolute atomic E-state index is 0.0438. The number of piperazine rings is 2. The lowest BCUT2D eigenvalue weighted by Crippen LogP contribution is -2.66. The van der Waals surface area contributed by atoms with Crippen molar-refractivity contribution in [1.82, 2.24) is 29.7 Å². The fraction of sp³-hybridized carbons (Fsp3) is 0.471. The number of carbonyl (C=O) groups is 3. The third-order valence-corrected chi connectivity index (χ3v) is 5.04. The average molecular weight is 356 g/mol. The number of aromatic nitrogens is 3. The molecule has 4 rings (SSSR count). The van der Waals surface area contributed by atoms with Crippen molar-refractivity contribution in [2.24, 2.45) is 0 Å². The normalized spacial score (nSPS) is 20.7. The van der Waals surface area contributed by atoms with Crippen LogP contribution in [0.3, 0.4) is 0 Å². The van der Waals surface area contributed by atoms with Gasteiger partial charge in [0, 0.05) is 26.6 Å². The largest absolute Gasteiger partial charge is 0.338 e. The first-order chi connectivity index (χ1) is 12.5. The number of fused-ring (bicyclic) bond motifs is 2. The molecule has 0 bridgehead atoms. The van der Waals surface area contributed by atoms with Gasteiger partial charge in [0.1, 0.15) is 11.6 Å². The molecule has 0 unspecified atom stereocenters. The van der Waals surface area contributed by atoms with Gasteiger partial charge < -0.3 is 14.7 Å². The molecule has 0 aliphatic carbocycles. The van der Waals surface area contributed by atoms with Gasteiger partial charge in [0.15, 0.2) is 0 Å². The molecule has 1 aromatic carbocycles. The standard InChI is InChI=1S/C17H20N6O3/c1-20-11-16(25)22-9-8-21(10-14(22)17(20)26)15(24)6-7-23-13-5-3-2-4-12(13)18-19-23/h2-5,14H,6-11H2,1H3/t14-/m1/s1. The SMILES string of the molecule is CN1CC(=O)N2CCN(C(=O)CCn3nnc4ccccc43)C[C@@H]2C1=O. The maximum atomic E-state index is 12.6. The van der Waals surface area contributed by atoms with Crippen molar-refractivity contribution in [1.29, 1.82) is 0 Å². The highest BCUT2D eigenvalue weighted by Gasteiger charge is 2.42. The average Bonchev–Trinajstić information content (AvgIpc) is 3.07. The Labute approximate surface area is 150 Å². The molecule has 136 valence electrons. The summed E-state index contributed by atoms with van der Waals surface area (Å²) in [6.07, 6.45) is 0.276. The van der Waals surface area contributed by atoms with Gasteiger partial charge >= 0.3 is 0 Å². The number of hydrogen-bond acceptors (Lipinski definition) is 5. The summed E-state index contributed by atoms with van der Waals surface area (Å²) in [6, 6.07) is 7.03. The van der Waals surface area contributed by atoms with Gasteiger partial charge in [0.2, 0.25) is 17.7 Å². The highest BCUT2D eigenvalue weighted by atomic mass is 16.2. The van der Waals surface area contributed by atoms with Crippen molar-refractivity contribution in [2.75, 3.05) is 33.2 Å². The Morgan fingerprint density at radius 2 is 2.04 bits per heavy atom. The van der Waals surface area contributed by atoms with E-state index in [0.29, 0.717) is 19.6 Å². The molecule has 2 saturated heterocycles. The number of nitrogens with zero attached hydrogens (tertiary/aromatic N) is 6. The van der Waals surface area contributed by atoms with Crippen molar-refractivity contribution >= 4 is 28.8 Å². The van der Waals surface area contributed by atoms with E-state index in [1.54, 1.807) is 21.5 Å². The minimum atomic E-state index is -0.564. The number of amides is 3. The van der Waals surface area contributed by atoms with Crippen LogP contribution in [0.15, 0.2) is 24.3 Å². The topological polar surface area (TPSA) is 91.6 Å². The molecule has 0 radical (unpaired) electrons. The molecule has 0 saturated carbocycles. The summed E-state index contributed by atoms with van der Waals surface area (Å²) < 4.78 is 1.71. The lowest BCUT2D eigenvalue weighted by molar-refractivity contribution is -0.160. The first kappa shape index (κ1) is 16.5. The van der Waals surface area contributed by atoms with E-state index in [-0.39, 0.29) is 37.2 Å². The number of hydrogen-bond donors (Lipinski definition) is 0. The van der Waals surface area contributed by atoms with E-state index in [0.717, 1.165) is 11.0 Å². The van der Waals surface area contributed by atoms with Gasteiger partial charge in [0.25, 0.3) is 0 Å². The number of rotatable bonds is 3. The molecule has 1 aromatic heterocycles. The molecule has 9 heteroatoms. The zero-order chi connectivity index (χ0) is 18.3. The second kappa shape index (κ2) is 6.40. The molecule has 26 heavy (non-hydrogen) atoms. The van der Waals surface area contributed by atoms with Crippen LogP contribution in [0.2, 0.25) is 0 Å². The molecule has 3 heterocycles. The van der Waals surface area contributed by atoms with Crippen molar-refractivity contribution in [2.45, 2.75) is 19.0 Å². The van der Waals surface area contributed by atoms with Crippen molar-refractivity contribution in [3.63, 3.8) is 0 Å². The second-order valence-electron chi connectivity index (χ2n) is 6.69. The molecule has 1 atom stereocenters. The molecule has 9 nitrogen and oxygen atoms in total. The van der Waals surface area contributed by atoms with Gasteiger partial charge in [-0.05, 0) is 12.1 Å². The molecule has 3 amide bonds. The monoisotopic (exact) mass is 356 g/mol. The molecular formula is C17H20N6O3. The van der Waals surface area contributed by atoms with Crippen LogP contribution in [-0.4, -0.2) is 86.7 Å². The Balaban J connectivity index is 1.41. The van der Waals surface area contributed by atoms with Crippen LogP contribution in [0.1, 0.15) is 6.42 Å². The van der Waals surface area contributed by atoms with E-state index < -0.39 is 6.04 Å². The van der Waals surface area contributed by atoms with Crippen LogP contribution < -0.4 is 0 Å². The zero-order valence-electron chi connectivity index (χ0n) is 14.5. The number of carbonyl (C=O) groups excluding carboxylic acids is 3. The van der Waals surface area contributed by atoms with Gasteiger partial charge in [-0.3, -0.25) is 14.4 Å². The number of likely N-dealkylation sites (N-methyl/N-ethyl adjacent to an activating group) is 1. The Morgan fingerprint density at radius 1 is 1.23 bits per heavy atom. The summed E-state index contributed by atoms with van der Waals surface area (Å²) in [5.41, 5.74) is 1.68. The van der Waals surface area contributed by atoms with Gasteiger partial charge in [0.05, 0.1) is 25.2 Å². The molecule has 2 fully saturated rings. The predicted octanol–water partition coefficient (Wildman–Crippen LogP) is -0.667. The van der Waals surface area contributed by atoms with E-state index in [1.165, 1.54) is 4.90 Å². The lowest BCUT2D eigenvalue weighted by Gasteiger charge is -2.45. The molecule has 2 aliphatic heterocycles. The predicted molar refractivity (Wildman–Crippen MR) is 91.9 cm³/mol.